The number of benzene rings is 1. The van der Waals surface area contributed by atoms with Crippen molar-refractivity contribution in [3.8, 4) is 11.5 Å². The average molecular weight is 256 g/mol. The van der Waals surface area contributed by atoms with Gasteiger partial charge < -0.3 is 10.5 Å². The van der Waals surface area contributed by atoms with Crippen LogP contribution in [0.15, 0.2) is 42.6 Å². The maximum absolute atomic E-state index is 5.93. The fourth-order valence-electron chi connectivity index (χ4n) is 1.85. The van der Waals surface area contributed by atoms with E-state index in [0.717, 1.165) is 30.0 Å². The van der Waals surface area contributed by atoms with E-state index in [-0.39, 0.29) is 6.04 Å². The summed E-state index contributed by atoms with van der Waals surface area (Å²) in [6, 6.07) is 11.9. The van der Waals surface area contributed by atoms with Gasteiger partial charge in [-0.2, -0.15) is 0 Å². The van der Waals surface area contributed by atoms with Crippen molar-refractivity contribution < 1.29 is 4.74 Å². The summed E-state index contributed by atoms with van der Waals surface area (Å²) in [4.78, 5) is 4.34. The van der Waals surface area contributed by atoms with Gasteiger partial charge in [0.15, 0.2) is 0 Å². The molecule has 0 fully saturated rings. The molecule has 3 heteroatoms. The molecular weight excluding hydrogens is 236 g/mol. The Balaban J connectivity index is 2.10. The molecule has 0 bridgehead atoms. The third-order valence-corrected chi connectivity index (χ3v) is 3.12. The molecule has 1 unspecified atom stereocenters. The van der Waals surface area contributed by atoms with Crippen LogP contribution in [0.5, 0.6) is 11.5 Å². The van der Waals surface area contributed by atoms with Crippen LogP contribution < -0.4 is 10.5 Å². The highest BCUT2D eigenvalue weighted by Gasteiger charge is 2.05. The minimum Gasteiger partial charge on any atom is -0.456 e. The van der Waals surface area contributed by atoms with Crippen molar-refractivity contribution in [1.29, 1.82) is 0 Å². The normalized spacial score (nSPS) is 12.2. The number of nitrogens with zero attached hydrogens (tertiary/aromatic N) is 1. The van der Waals surface area contributed by atoms with Crippen molar-refractivity contribution in [3.05, 3.63) is 53.9 Å². The molecule has 0 saturated carbocycles. The maximum Gasteiger partial charge on any atom is 0.145 e. The van der Waals surface area contributed by atoms with Gasteiger partial charge in [0.05, 0.1) is 11.9 Å². The highest BCUT2D eigenvalue weighted by Crippen LogP contribution is 2.23. The number of ether oxygens (including phenoxy) is 1. The van der Waals surface area contributed by atoms with Crippen LogP contribution in [0.3, 0.4) is 0 Å². The van der Waals surface area contributed by atoms with Gasteiger partial charge in [0.2, 0.25) is 0 Å². The Kier molecular flexibility index (Phi) is 4.53. The molecule has 1 aromatic heterocycles. The standard InChI is InChI=1S/C16H20N2O/c1-3-12-6-5-7-13(10-12)19-14-8-9-16(18-11-14)15(17)4-2/h5-11,15H,3-4,17H2,1-2H3. The third-order valence-electron chi connectivity index (χ3n) is 3.12. The van der Waals surface area contributed by atoms with E-state index in [1.807, 2.05) is 37.3 Å². The molecule has 100 valence electrons. The highest BCUT2D eigenvalue weighted by atomic mass is 16.5. The van der Waals surface area contributed by atoms with Crippen LogP contribution >= 0.6 is 0 Å². The summed E-state index contributed by atoms with van der Waals surface area (Å²) in [7, 11) is 0. The first-order chi connectivity index (χ1) is 9.22. The second-order valence-electron chi connectivity index (χ2n) is 4.54. The van der Waals surface area contributed by atoms with Gasteiger partial charge in [0, 0.05) is 6.04 Å². The lowest BCUT2D eigenvalue weighted by atomic mass is 10.1. The summed E-state index contributed by atoms with van der Waals surface area (Å²) < 4.78 is 5.79. The molecule has 1 atom stereocenters. The van der Waals surface area contributed by atoms with Crippen LogP contribution in [-0.2, 0) is 6.42 Å². The Morgan fingerprint density at radius 3 is 2.63 bits per heavy atom. The van der Waals surface area contributed by atoms with E-state index in [4.69, 9.17) is 10.5 Å². The van der Waals surface area contributed by atoms with E-state index in [9.17, 15) is 0 Å². The van der Waals surface area contributed by atoms with Crippen LogP contribution in [-0.4, -0.2) is 4.98 Å². The van der Waals surface area contributed by atoms with Gasteiger partial charge in [-0.15, -0.1) is 0 Å². The summed E-state index contributed by atoms with van der Waals surface area (Å²) >= 11 is 0. The highest BCUT2D eigenvalue weighted by molar-refractivity contribution is 5.33. The third kappa shape index (κ3) is 3.55. The van der Waals surface area contributed by atoms with Gasteiger partial charge >= 0.3 is 0 Å². The molecule has 0 spiro atoms. The quantitative estimate of drug-likeness (QED) is 0.884. The first kappa shape index (κ1) is 13.6. The second-order valence-corrected chi connectivity index (χ2v) is 4.54. The largest absolute Gasteiger partial charge is 0.456 e. The number of rotatable bonds is 5. The monoisotopic (exact) mass is 256 g/mol. The molecule has 2 aromatic rings. The first-order valence-corrected chi connectivity index (χ1v) is 6.71. The van der Waals surface area contributed by atoms with Gasteiger partial charge in [-0.25, -0.2) is 0 Å². The maximum atomic E-state index is 5.93. The van der Waals surface area contributed by atoms with Crippen LogP contribution in [0.2, 0.25) is 0 Å². The topological polar surface area (TPSA) is 48.1 Å². The SMILES string of the molecule is CCc1cccc(Oc2ccc(C(N)CC)nc2)c1. The Bertz CT molecular complexity index is 523. The molecule has 2 rings (SSSR count). The minimum atomic E-state index is -0.00234. The molecule has 19 heavy (non-hydrogen) atoms. The Morgan fingerprint density at radius 1 is 1.16 bits per heavy atom. The van der Waals surface area contributed by atoms with E-state index in [1.165, 1.54) is 5.56 Å². The molecule has 0 aliphatic rings. The molecule has 0 saturated heterocycles. The smallest absolute Gasteiger partial charge is 0.145 e. The molecule has 0 radical (unpaired) electrons. The number of hydrogen-bond acceptors (Lipinski definition) is 3. The van der Waals surface area contributed by atoms with E-state index >= 15 is 0 Å². The van der Waals surface area contributed by atoms with Crippen molar-refractivity contribution >= 4 is 0 Å². The van der Waals surface area contributed by atoms with Gasteiger partial charge in [-0.05, 0) is 42.7 Å². The molecule has 1 heterocycles. The molecule has 2 N–H and O–H groups in total. The summed E-state index contributed by atoms with van der Waals surface area (Å²) in [5.74, 6) is 1.58. The Hall–Kier alpha value is -1.87. The predicted molar refractivity (Wildman–Crippen MR) is 77.4 cm³/mol. The van der Waals surface area contributed by atoms with Crippen LogP contribution in [0.4, 0.5) is 0 Å². The summed E-state index contributed by atoms with van der Waals surface area (Å²) in [5.41, 5.74) is 8.09. The second kappa shape index (κ2) is 6.34. The number of nitrogens with two attached hydrogens (primary N) is 1. The van der Waals surface area contributed by atoms with Crippen molar-refractivity contribution in [1.82, 2.24) is 4.98 Å². The van der Waals surface area contributed by atoms with Crippen molar-refractivity contribution in [2.45, 2.75) is 32.7 Å². The lowest BCUT2D eigenvalue weighted by molar-refractivity contribution is 0.478. The number of hydrogen-bond donors (Lipinski definition) is 1. The van der Waals surface area contributed by atoms with Crippen molar-refractivity contribution in [2.24, 2.45) is 5.73 Å². The first-order valence-electron chi connectivity index (χ1n) is 6.71. The number of aryl methyl sites for hydroxylation is 1. The van der Waals surface area contributed by atoms with E-state index in [1.54, 1.807) is 6.20 Å². The van der Waals surface area contributed by atoms with Crippen LogP contribution in [0.1, 0.15) is 37.6 Å². The van der Waals surface area contributed by atoms with Gasteiger partial charge in [-0.3, -0.25) is 4.98 Å². The molecule has 0 amide bonds. The lowest BCUT2D eigenvalue weighted by Gasteiger charge is -2.10. The van der Waals surface area contributed by atoms with E-state index in [0.29, 0.717) is 0 Å². The zero-order valence-electron chi connectivity index (χ0n) is 11.5. The van der Waals surface area contributed by atoms with Crippen molar-refractivity contribution in [2.75, 3.05) is 0 Å². The zero-order valence-corrected chi connectivity index (χ0v) is 11.5. The summed E-state index contributed by atoms with van der Waals surface area (Å²) in [6.07, 6.45) is 3.61. The summed E-state index contributed by atoms with van der Waals surface area (Å²) in [5, 5.41) is 0. The van der Waals surface area contributed by atoms with E-state index < -0.39 is 0 Å². The predicted octanol–water partition coefficient (Wildman–Crippen LogP) is 3.85. The Labute approximate surface area is 114 Å². The zero-order chi connectivity index (χ0) is 13.7. The fourth-order valence-corrected chi connectivity index (χ4v) is 1.85. The molecule has 0 aliphatic carbocycles. The van der Waals surface area contributed by atoms with Crippen LogP contribution in [0, 0.1) is 0 Å². The molecule has 0 aliphatic heterocycles. The molecule has 3 nitrogen and oxygen atoms in total. The van der Waals surface area contributed by atoms with Gasteiger partial charge in [0.25, 0.3) is 0 Å². The average Bonchev–Trinajstić information content (AvgIpc) is 2.47. The lowest BCUT2D eigenvalue weighted by Crippen LogP contribution is -2.10. The fraction of sp³-hybridized carbons (Fsp3) is 0.312. The van der Waals surface area contributed by atoms with E-state index in [2.05, 4.69) is 18.0 Å². The van der Waals surface area contributed by atoms with Gasteiger partial charge in [-0.1, -0.05) is 26.0 Å². The Morgan fingerprint density at radius 2 is 2.00 bits per heavy atom. The van der Waals surface area contributed by atoms with Gasteiger partial charge in [0.1, 0.15) is 11.5 Å². The molecular formula is C16H20N2O. The summed E-state index contributed by atoms with van der Waals surface area (Å²) in [6.45, 7) is 4.18. The number of aromatic nitrogens is 1. The molecule has 1 aromatic carbocycles. The van der Waals surface area contributed by atoms with Crippen LogP contribution in [0.25, 0.3) is 0 Å². The number of pyridine rings is 1. The minimum absolute atomic E-state index is 0.00234. The van der Waals surface area contributed by atoms with Crippen molar-refractivity contribution in [3.63, 3.8) is 0 Å².